The normalized spacial score (nSPS) is 15.4. The number of aryl methyl sites for hydroxylation is 1. The van der Waals surface area contributed by atoms with E-state index in [2.05, 4.69) is 0 Å². The van der Waals surface area contributed by atoms with Crippen LogP contribution < -0.4 is 10.2 Å². The summed E-state index contributed by atoms with van der Waals surface area (Å²) in [6.45, 7) is 0.583. The minimum absolute atomic E-state index is 0.0382. The largest absolute Gasteiger partial charge is 0.494 e. The molecule has 7 nitrogen and oxygen atoms in total. The summed E-state index contributed by atoms with van der Waals surface area (Å²) in [5.74, 6) is -2.24. The predicted molar refractivity (Wildman–Crippen MR) is 130 cm³/mol. The molecule has 11 heteroatoms. The Balaban J connectivity index is 1.34. The predicted octanol–water partition coefficient (Wildman–Crippen LogP) is 4.53. The standard InChI is InChI=1S/C25H25F2NO6S2/c26-22-8-3-17(15-23(22)27)18-14-20(35-16-18)2-1-11-34-19-4-6-21(7-5-19)36(31,32)25(24(29)28-30)9-12-33-13-10-25/h3-8,14-16,30H,1-2,9-13H2,(H,28,29). The number of carbonyl (C=O) groups excluding carboxylic acids is 1. The first kappa shape index (κ1) is 26.2. The van der Waals surface area contributed by atoms with Gasteiger partial charge in [0.25, 0.3) is 5.91 Å². The zero-order valence-corrected chi connectivity index (χ0v) is 20.8. The van der Waals surface area contributed by atoms with Crippen LogP contribution in [0.5, 0.6) is 5.75 Å². The fourth-order valence-electron chi connectivity index (χ4n) is 4.14. The highest BCUT2D eigenvalue weighted by atomic mass is 32.2. The molecule has 0 atom stereocenters. The first-order valence-corrected chi connectivity index (χ1v) is 13.7. The summed E-state index contributed by atoms with van der Waals surface area (Å²) < 4.78 is 62.3. The number of benzene rings is 2. The van der Waals surface area contributed by atoms with Crippen molar-refractivity contribution in [3.8, 4) is 16.9 Å². The molecule has 36 heavy (non-hydrogen) atoms. The van der Waals surface area contributed by atoms with Crippen molar-refractivity contribution in [2.45, 2.75) is 35.3 Å². The maximum atomic E-state index is 13.5. The van der Waals surface area contributed by atoms with Crippen molar-refractivity contribution in [2.24, 2.45) is 0 Å². The van der Waals surface area contributed by atoms with E-state index in [0.717, 1.165) is 22.9 Å². The quantitative estimate of drug-likeness (QED) is 0.236. The lowest BCUT2D eigenvalue weighted by atomic mass is 9.98. The lowest BCUT2D eigenvalue weighted by molar-refractivity contribution is -0.134. The van der Waals surface area contributed by atoms with E-state index in [-0.39, 0.29) is 31.0 Å². The number of ether oxygens (including phenoxy) is 2. The Bertz CT molecular complexity index is 1320. The number of hydroxylamine groups is 1. The summed E-state index contributed by atoms with van der Waals surface area (Å²) in [6.07, 6.45) is 1.31. The highest BCUT2D eigenvalue weighted by Gasteiger charge is 2.52. The van der Waals surface area contributed by atoms with Crippen LogP contribution in [0.2, 0.25) is 0 Å². The number of sulfone groups is 1. The van der Waals surface area contributed by atoms with Gasteiger partial charge in [-0.3, -0.25) is 10.0 Å². The van der Waals surface area contributed by atoms with Gasteiger partial charge in [-0.25, -0.2) is 22.7 Å². The second-order valence-corrected chi connectivity index (χ2v) is 11.7. The Morgan fingerprint density at radius 1 is 1.06 bits per heavy atom. The van der Waals surface area contributed by atoms with Gasteiger partial charge in [0.15, 0.2) is 26.2 Å². The van der Waals surface area contributed by atoms with Crippen LogP contribution in [0.4, 0.5) is 8.78 Å². The van der Waals surface area contributed by atoms with E-state index in [1.54, 1.807) is 0 Å². The van der Waals surface area contributed by atoms with E-state index >= 15 is 0 Å². The fourth-order valence-corrected chi connectivity index (χ4v) is 7.02. The van der Waals surface area contributed by atoms with E-state index in [0.29, 0.717) is 24.3 Å². The van der Waals surface area contributed by atoms with Crippen LogP contribution in [0.25, 0.3) is 11.1 Å². The van der Waals surface area contributed by atoms with Crippen LogP contribution in [-0.2, 0) is 25.8 Å². The molecule has 4 rings (SSSR count). The minimum Gasteiger partial charge on any atom is -0.494 e. The van der Waals surface area contributed by atoms with Gasteiger partial charge in [0, 0.05) is 18.1 Å². The van der Waals surface area contributed by atoms with Crippen molar-refractivity contribution in [1.29, 1.82) is 0 Å². The zero-order chi connectivity index (χ0) is 25.8. The van der Waals surface area contributed by atoms with Crippen molar-refractivity contribution in [1.82, 2.24) is 5.48 Å². The van der Waals surface area contributed by atoms with Gasteiger partial charge in [0.1, 0.15) is 5.75 Å². The highest BCUT2D eigenvalue weighted by Crippen LogP contribution is 2.36. The van der Waals surface area contributed by atoms with Gasteiger partial charge in [0.2, 0.25) is 0 Å². The number of amides is 1. The van der Waals surface area contributed by atoms with Crippen molar-refractivity contribution in [3.05, 3.63) is 70.4 Å². The molecule has 192 valence electrons. The van der Waals surface area contributed by atoms with Gasteiger partial charge in [-0.2, -0.15) is 0 Å². The molecule has 1 amide bonds. The van der Waals surface area contributed by atoms with Crippen LogP contribution in [0.3, 0.4) is 0 Å². The number of carbonyl (C=O) groups is 1. The molecule has 0 spiro atoms. The Kier molecular flexibility index (Phi) is 8.04. The number of halogens is 2. The van der Waals surface area contributed by atoms with Crippen LogP contribution in [0, 0.1) is 11.6 Å². The molecule has 0 bridgehead atoms. The molecule has 3 aromatic rings. The van der Waals surface area contributed by atoms with E-state index in [4.69, 9.17) is 14.7 Å². The summed E-state index contributed by atoms with van der Waals surface area (Å²) in [7, 11) is -4.09. The first-order chi connectivity index (χ1) is 17.3. The number of thiophene rings is 1. The number of hydrogen-bond donors (Lipinski definition) is 2. The SMILES string of the molecule is O=C(NO)C1(S(=O)(=O)c2ccc(OCCCc3cc(-c4ccc(F)c(F)c4)cs3)cc2)CCOCC1. The Morgan fingerprint density at radius 2 is 1.78 bits per heavy atom. The van der Waals surface area contributed by atoms with E-state index in [9.17, 15) is 22.0 Å². The third-order valence-electron chi connectivity index (χ3n) is 6.21. The van der Waals surface area contributed by atoms with Crippen molar-refractivity contribution < 1.29 is 36.7 Å². The van der Waals surface area contributed by atoms with Gasteiger partial charge in [-0.1, -0.05) is 6.07 Å². The topological polar surface area (TPSA) is 102 Å². The van der Waals surface area contributed by atoms with Gasteiger partial charge >= 0.3 is 0 Å². The molecule has 1 aliphatic rings. The maximum absolute atomic E-state index is 13.5. The second kappa shape index (κ2) is 11.0. The summed E-state index contributed by atoms with van der Waals surface area (Å²) >= 11 is 1.52. The molecule has 0 unspecified atom stereocenters. The molecular formula is C25H25F2NO6S2. The Morgan fingerprint density at radius 3 is 2.44 bits per heavy atom. The number of nitrogens with one attached hydrogen (secondary N) is 1. The van der Waals surface area contributed by atoms with Crippen LogP contribution in [0.1, 0.15) is 24.1 Å². The van der Waals surface area contributed by atoms with Crippen LogP contribution in [0.15, 0.2) is 58.8 Å². The molecule has 2 aromatic carbocycles. The lowest BCUT2D eigenvalue weighted by Gasteiger charge is -2.34. The molecule has 2 N–H and O–H groups in total. The molecule has 0 saturated carbocycles. The first-order valence-electron chi connectivity index (χ1n) is 11.3. The van der Waals surface area contributed by atoms with E-state index < -0.39 is 32.1 Å². The molecule has 1 aromatic heterocycles. The molecular weight excluding hydrogens is 512 g/mol. The number of hydrogen-bond acceptors (Lipinski definition) is 7. The maximum Gasteiger partial charge on any atom is 0.265 e. The molecule has 0 aliphatic carbocycles. The molecule has 2 heterocycles. The zero-order valence-electron chi connectivity index (χ0n) is 19.2. The molecule has 0 radical (unpaired) electrons. The number of rotatable bonds is 9. The second-order valence-electron chi connectivity index (χ2n) is 8.41. The van der Waals surface area contributed by atoms with Crippen molar-refractivity contribution in [2.75, 3.05) is 19.8 Å². The average molecular weight is 538 g/mol. The highest BCUT2D eigenvalue weighted by molar-refractivity contribution is 7.93. The van der Waals surface area contributed by atoms with Crippen LogP contribution >= 0.6 is 11.3 Å². The lowest BCUT2D eigenvalue weighted by Crippen LogP contribution is -2.54. The fraction of sp³-hybridized carbons (Fsp3) is 0.320. The Labute approximate surface area is 211 Å². The summed E-state index contributed by atoms with van der Waals surface area (Å²) in [5.41, 5.74) is 2.93. The smallest absolute Gasteiger partial charge is 0.265 e. The minimum atomic E-state index is -4.09. The molecule has 1 aliphatic heterocycles. The monoisotopic (exact) mass is 537 g/mol. The van der Waals surface area contributed by atoms with E-state index in [1.807, 2.05) is 11.4 Å². The Hall–Kier alpha value is -2.86. The van der Waals surface area contributed by atoms with Gasteiger partial charge in [0.05, 0.1) is 11.5 Å². The third kappa shape index (κ3) is 5.29. The third-order valence-corrected chi connectivity index (χ3v) is 9.72. The summed E-state index contributed by atoms with van der Waals surface area (Å²) in [5, 5.41) is 11.0. The van der Waals surface area contributed by atoms with E-state index in [1.165, 1.54) is 53.2 Å². The molecule has 1 fully saturated rings. The summed E-state index contributed by atoms with van der Waals surface area (Å²) in [6, 6.07) is 11.6. The van der Waals surface area contributed by atoms with Gasteiger partial charge in [-0.15, -0.1) is 11.3 Å². The average Bonchev–Trinajstić information content (AvgIpc) is 3.37. The van der Waals surface area contributed by atoms with Crippen molar-refractivity contribution in [3.63, 3.8) is 0 Å². The van der Waals surface area contributed by atoms with Crippen LogP contribution in [-0.4, -0.2) is 44.1 Å². The summed E-state index contributed by atoms with van der Waals surface area (Å²) in [4.78, 5) is 13.4. The van der Waals surface area contributed by atoms with Crippen molar-refractivity contribution >= 4 is 27.1 Å². The van der Waals surface area contributed by atoms with Gasteiger partial charge in [-0.05, 0) is 84.7 Å². The van der Waals surface area contributed by atoms with Gasteiger partial charge < -0.3 is 9.47 Å². The molecule has 1 saturated heterocycles.